The topological polar surface area (TPSA) is 30.5 Å². The zero-order valence-corrected chi connectivity index (χ0v) is 11.0. The van der Waals surface area contributed by atoms with Gasteiger partial charge in [0.15, 0.2) is 0 Å². The van der Waals surface area contributed by atoms with Gasteiger partial charge in [-0.05, 0) is 25.0 Å². The standard InChI is InChI=1S/C14H23NO2/c1-4-17-12(2)9-15-10-13-6-5-7-14(8-13)11-16-3/h5-8,12,15H,4,9-11H2,1-3H3. The van der Waals surface area contributed by atoms with Crippen molar-refractivity contribution < 1.29 is 9.47 Å². The first-order valence-electron chi connectivity index (χ1n) is 6.15. The third-order valence-corrected chi connectivity index (χ3v) is 2.51. The maximum absolute atomic E-state index is 5.46. The van der Waals surface area contributed by atoms with Gasteiger partial charge in [-0.25, -0.2) is 0 Å². The molecule has 0 radical (unpaired) electrons. The lowest BCUT2D eigenvalue weighted by Crippen LogP contribution is -2.26. The number of nitrogens with one attached hydrogen (secondary N) is 1. The van der Waals surface area contributed by atoms with Gasteiger partial charge in [-0.2, -0.15) is 0 Å². The second kappa shape index (κ2) is 8.23. The Morgan fingerprint density at radius 2 is 2.06 bits per heavy atom. The molecule has 1 aromatic rings. The highest BCUT2D eigenvalue weighted by atomic mass is 16.5. The Labute approximate surface area is 104 Å². The quantitative estimate of drug-likeness (QED) is 0.753. The molecule has 17 heavy (non-hydrogen) atoms. The van der Waals surface area contributed by atoms with E-state index in [1.165, 1.54) is 11.1 Å². The predicted molar refractivity (Wildman–Crippen MR) is 69.9 cm³/mol. The Morgan fingerprint density at radius 1 is 1.29 bits per heavy atom. The fraction of sp³-hybridized carbons (Fsp3) is 0.571. The fourth-order valence-electron chi connectivity index (χ4n) is 1.76. The van der Waals surface area contributed by atoms with Gasteiger partial charge >= 0.3 is 0 Å². The smallest absolute Gasteiger partial charge is 0.0713 e. The fourth-order valence-corrected chi connectivity index (χ4v) is 1.76. The molecule has 0 aliphatic carbocycles. The molecule has 1 unspecified atom stereocenters. The van der Waals surface area contributed by atoms with Crippen LogP contribution in [0.2, 0.25) is 0 Å². The molecular weight excluding hydrogens is 214 g/mol. The first-order chi connectivity index (χ1) is 8.26. The van der Waals surface area contributed by atoms with Crippen LogP contribution in [-0.4, -0.2) is 26.4 Å². The average molecular weight is 237 g/mol. The molecule has 1 atom stereocenters. The molecule has 0 aromatic heterocycles. The molecule has 0 fully saturated rings. The maximum Gasteiger partial charge on any atom is 0.0713 e. The van der Waals surface area contributed by atoms with Gasteiger partial charge in [-0.3, -0.25) is 0 Å². The van der Waals surface area contributed by atoms with Crippen LogP contribution < -0.4 is 5.32 Å². The molecule has 0 aliphatic rings. The zero-order chi connectivity index (χ0) is 12.5. The molecule has 3 nitrogen and oxygen atoms in total. The Kier molecular flexibility index (Phi) is 6.86. The van der Waals surface area contributed by atoms with Crippen molar-refractivity contribution >= 4 is 0 Å². The van der Waals surface area contributed by atoms with Crippen LogP contribution in [0, 0.1) is 0 Å². The minimum atomic E-state index is 0.266. The Bertz CT molecular complexity index is 315. The highest BCUT2D eigenvalue weighted by Crippen LogP contribution is 2.06. The van der Waals surface area contributed by atoms with Crippen molar-refractivity contribution in [2.24, 2.45) is 0 Å². The second-order valence-electron chi connectivity index (χ2n) is 4.15. The summed E-state index contributed by atoms with van der Waals surface area (Å²) in [7, 11) is 1.72. The van der Waals surface area contributed by atoms with Crippen LogP contribution in [0.25, 0.3) is 0 Å². The maximum atomic E-state index is 5.46. The Morgan fingerprint density at radius 3 is 2.76 bits per heavy atom. The van der Waals surface area contributed by atoms with Crippen LogP contribution in [0.4, 0.5) is 0 Å². The molecule has 0 heterocycles. The van der Waals surface area contributed by atoms with Crippen LogP contribution >= 0.6 is 0 Å². The molecule has 0 aliphatic heterocycles. The summed E-state index contributed by atoms with van der Waals surface area (Å²) >= 11 is 0. The van der Waals surface area contributed by atoms with E-state index < -0.39 is 0 Å². The summed E-state index contributed by atoms with van der Waals surface area (Å²) in [5.41, 5.74) is 2.49. The molecule has 96 valence electrons. The molecule has 1 aromatic carbocycles. The van der Waals surface area contributed by atoms with Crippen LogP contribution in [0.5, 0.6) is 0 Å². The van der Waals surface area contributed by atoms with Crippen LogP contribution in [0.15, 0.2) is 24.3 Å². The number of rotatable bonds is 8. The number of methoxy groups -OCH3 is 1. The molecule has 0 saturated heterocycles. The molecule has 1 N–H and O–H groups in total. The van der Waals surface area contributed by atoms with Crippen molar-refractivity contribution in [2.75, 3.05) is 20.3 Å². The number of hydrogen-bond donors (Lipinski definition) is 1. The van der Waals surface area contributed by atoms with E-state index in [4.69, 9.17) is 9.47 Å². The van der Waals surface area contributed by atoms with Gasteiger partial charge in [0.25, 0.3) is 0 Å². The lowest BCUT2D eigenvalue weighted by Gasteiger charge is -2.12. The van der Waals surface area contributed by atoms with Crippen LogP contribution in [-0.2, 0) is 22.6 Å². The van der Waals surface area contributed by atoms with E-state index in [0.717, 1.165) is 19.7 Å². The van der Waals surface area contributed by atoms with Gasteiger partial charge in [0.2, 0.25) is 0 Å². The molecule has 0 amide bonds. The molecule has 0 saturated carbocycles. The number of ether oxygens (including phenoxy) is 2. The average Bonchev–Trinajstić information content (AvgIpc) is 2.30. The van der Waals surface area contributed by atoms with Crippen molar-refractivity contribution in [3.05, 3.63) is 35.4 Å². The SMILES string of the molecule is CCOC(C)CNCc1cccc(COC)c1. The zero-order valence-electron chi connectivity index (χ0n) is 11.0. The molecule has 1 rings (SSSR count). The van der Waals surface area contributed by atoms with Gasteiger partial charge in [0.1, 0.15) is 0 Å². The van der Waals surface area contributed by atoms with E-state index in [1.54, 1.807) is 7.11 Å². The minimum absolute atomic E-state index is 0.266. The predicted octanol–water partition coefficient (Wildman–Crippen LogP) is 2.35. The summed E-state index contributed by atoms with van der Waals surface area (Å²) in [6, 6.07) is 8.44. The lowest BCUT2D eigenvalue weighted by atomic mass is 10.1. The van der Waals surface area contributed by atoms with Gasteiger partial charge in [0, 0.05) is 26.8 Å². The molecular formula is C14H23NO2. The molecule has 0 bridgehead atoms. The van der Waals surface area contributed by atoms with Crippen molar-refractivity contribution in [3.8, 4) is 0 Å². The third kappa shape index (κ3) is 5.82. The molecule has 3 heteroatoms. The second-order valence-corrected chi connectivity index (χ2v) is 4.15. The van der Waals surface area contributed by atoms with Crippen LogP contribution in [0.3, 0.4) is 0 Å². The van der Waals surface area contributed by atoms with Crippen molar-refractivity contribution in [2.45, 2.75) is 33.1 Å². The summed E-state index contributed by atoms with van der Waals surface area (Å²) in [6.45, 7) is 7.29. The number of benzene rings is 1. The molecule has 0 spiro atoms. The Balaban J connectivity index is 2.33. The third-order valence-electron chi connectivity index (χ3n) is 2.51. The number of hydrogen-bond acceptors (Lipinski definition) is 3. The van der Waals surface area contributed by atoms with E-state index in [2.05, 4.69) is 36.5 Å². The summed E-state index contributed by atoms with van der Waals surface area (Å²) in [4.78, 5) is 0. The minimum Gasteiger partial charge on any atom is -0.380 e. The van der Waals surface area contributed by atoms with Gasteiger partial charge in [-0.1, -0.05) is 24.3 Å². The first-order valence-corrected chi connectivity index (χ1v) is 6.15. The van der Waals surface area contributed by atoms with Crippen molar-refractivity contribution in [1.29, 1.82) is 0 Å². The van der Waals surface area contributed by atoms with Gasteiger partial charge < -0.3 is 14.8 Å². The van der Waals surface area contributed by atoms with E-state index >= 15 is 0 Å². The van der Waals surface area contributed by atoms with Gasteiger partial charge in [0.05, 0.1) is 12.7 Å². The van der Waals surface area contributed by atoms with E-state index in [-0.39, 0.29) is 6.10 Å². The van der Waals surface area contributed by atoms with Crippen LogP contribution in [0.1, 0.15) is 25.0 Å². The normalized spacial score (nSPS) is 12.6. The summed E-state index contributed by atoms with van der Waals surface area (Å²) in [5, 5.41) is 3.39. The van der Waals surface area contributed by atoms with Crippen molar-refractivity contribution in [1.82, 2.24) is 5.32 Å². The first kappa shape index (κ1) is 14.2. The summed E-state index contributed by atoms with van der Waals surface area (Å²) < 4.78 is 10.6. The lowest BCUT2D eigenvalue weighted by molar-refractivity contribution is 0.0759. The van der Waals surface area contributed by atoms with Gasteiger partial charge in [-0.15, -0.1) is 0 Å². The highest BCUT2D eigenvalue weighted by Gasteiger charge is 2.00. The van der Waals surface area contributed by atoms with E-state index in [1.807, 2.05) is 6.92 Å². The highest BCUT2D eigenvalue weighted by molar-refractivity contribution is 5.22. The Hall–Kier alpha value is -0.900. The summed E-state index contributed by atoms with van der Waals surface area (Å²) in [5.74, 6) is 0. The van der Waals surface area contributed by atoms with E-state index in [0.29, 0.717) is 6.61 Å². The van der Waals surface area contributed by atoms with Crippen molar-refractivity contribution in [3.63, 3.8) is 0 Å². The van der Waals surface area contributed by atoms with E-state index in [9.17, 15) is 0 Å². The monoisotopic (exact) mass is 237 g/mol. The summed E-state index contributed by atoms with van der Waals surface area (Å²) in [6.07, 6.45) is 0.266. The largest absolute Gasteiger partial charge is 0.380 e.